The molecule has 0 aromatic heterocycles. The predicted molar refractivity (Wildman–Crippen MR) is 145 cm³/mol. The van der Waals surface area contributed by atoms with E-state index < -0.39 is 31.5 Å². The Morgan fingerprint density at radius 3 is 1.97 bits per heavy atom. The van der Waals surface area contributed by atoms with E-state index in [0.29, 0.717) is 24.3 Å². The highest BCUT2D eigenvalue weighted by molar-refractivity contribution is 6.74. The predicted octanol–water partition coefficient (Wildman–Crippen LogP) is 6.46. The number of amides is 1. The molecule has 0 spiro atoms. The second kappa shape index (κ2) is 11.2. The number of nitrogen functional groups attached to an aromatic ring is 1. The summed E-state index contributed by atoms with van der Waals surface area (Å²) in [5.41, 5.74) is 6.65. The molecule has 0 aliphatic carbocycles. The van der Waals surface area contributed by atoms with Crippen molar-refractivity contribution in [2.24, 2.45) is 5.92 Å². The molecule has 7 nitrogen and oxygen atoms in total. The standard InChI is InChI=1S/C27H48N2O5Si/c1-18(23(30)32-25(2,3)4)15-20(29-24(31)33-26(5,6)7)16-19-13-14-22(21(28)17-19)34-35(11,12)27(8,9)10/h13-14,17-18,20H,15-16,28H2,1-12H3,(H,29,31). The maximum Gasteiger partial charge on any atom is 0.407 e. The van der Waals surface area contributed by atoms with Crippen molar-refractivity contribution in [3.8, 4) is 5.75 Å². The smallest absolute Gasteiger partial charge is 0.407 e. The van der Waals surface area contributed by atoms with Gasteiger partial charge in [-0.2, -0.15) is 0 Å². The topological polar surface area (TPSA) is 99.9 Å². The highest BCUT2D eigenvalue weighted by Crippen LogP contribution is 2.39. The van der Waals surface area contributed by atoms with Crippen LogP contribution in [0, 0.1) is 5.92 Å². The minimum Gasteiger partial charge on any atom is -0.542 e. The fraction of sp³-hybridized carbons (Fsp3) is 0.704. The monoisotopic (exact) mass is 508 g/mol. The molecule has 1 amide bonds. The molecule has 0 bridgehead atoms. The van der Waals surface area contributed by atoms with E-state index in [1.807, 2.05) is 66.7 Å². The Balaban J connectivity index is 3.08. The normalized spacial score (nSPS) is 14.6. The number of hydrogen-bond acceptors (Lipinski definition) is 6. The van der Waals surface area contributed by atoms with Crippen molar-refractivity contribution in [1.82, 2.24) is 5.32 Å². The lowest BCUT2D eigenvalue weighted by Gasteiger charge is -2.36. The molecule has 0 saturated carbocycles. The van der Waals surface area contributed by atoms with E-state index in [-0.39, 0.29) is 17.0 Å². The van der Waals surface area contributed by atoms with Crippen LogP contribution in [0.15, 0.2) is 18.2 Å². The minimum atomic E-state index is -2.03. The maximum absolute atomic E-state index is 12.6. The number of rotatable bonds is 8. The Kier molecular flexibility index (Phi) is 9.88. The molecule has 200 valence electrons. The average molecular weight is 509 g/mol. The van der Waals surface area contributed by atoms with E-state index in [2.05, 4.69) is 39.2 Å². The van der Waals surface area contributed by atoms with Crippen molar-refractivity contribution in [2.45, 2.75) is 117 Å². The van der Waals surface area contributed by atoms with Gasteiger partial charge in [0, 0.05) is 6.04 Å². The molecule has 0 aliphatic heterocycles. The van der Waals surface area contributed by atoms with Gasteiger partial charge in [0.2, 0.25) is 0 Å². The first-order valence-electron chi connectivity index (χ1n) is 12.4. The summed E-state index contributed by atoms with van der Waals surface area (Å²) >= 11 is 0. The van der Waals surface area contributed by atoms with Gasteiger partial charge in [-0.3, -0.25) is 4.79 Å². The lowest BCUT2D eigenvalue weighted by molar-refractivity contribution is -0.159. The molecular formula is C27H48N2O5Si. The number of carbonyl (C=O) groups is 2. The molecule has 0 saturated heterocycles. The quantitative estimate of drug-likeness (QED) is 0.238. The van der Waals surface area contributed by atoms with Crippen molar-refractivity contribution in [1.29, 1.82) is 0 Å². The van der Waals surface area contributed by atoms with Crippen molar-refractivity contribution in [2.75, 3.05) is 5.73 Å². The highest BCUT2D eigenvalue weighted by Gasteiger charge is 2.39. The second-order valence-electron chi connectivity index (χ2n) is 13.0. The number of benzene rings is 1. The van der Waals surface area contributed by atoms with Crippen molar-refractivity contribution >= 4 is 26.1 Å². The molecule has 3 N–H and O–H groups in total. The van der Waals surface area contributed by atoms with Crippen LogP contribution in [-0.2, 0) is 20.7 Å². The summed E-state index contributed by atoms with van der Waals surface area (Å²) in [7, 11) is -2.03. The summed E-state index contributed by atoms with van der Waals surface area (Å²) in [4.78, 5) is 25.1. The zero-order valence-corrected chi connectivity index (χ0v) is 24.9. The largest absolute Gasteiger partial charge is 0.542 e. The van der Waals surface area contributed by atoms with E-state index in [1.54, 1.807) is 0 Å². The van der Waals surface area contributed by atoms with E-state index in [4.69, 9.17) is 19.6 Å². The van der Waals surface area contributed by atoms with Crippen LogP contribution in [0.4, 0.5) is 10.5 Å². The van der Waals surface area contributed by atoms with Gasteiger partial charge in [-0.15, -0.1) is 0 Å². The first-order chi connectivity index (χ1) is 15.6. The van der Waals surface area contributed by atoms with Gasteiger partial charge in [0.25, 0.3) is 8.32 Å². The molecule has 8 heteroatoms. The maximum atomic E-state index is 12.6. The number of carbonyl (C=O) groups excluding carboxylic acids is 2. The number of hydrogen-bond donors (Lipinski definition) is 2. The summed E-state index contributed by atoms with van der Waals surface area (Å²) in [5, 5.41) is 2.98. The van der Waals surface area contributed by atoms with Crippen molar-refractivity contribution < 1.29 is 23.5 Å². The SMILES string of the molecule is CC(CC(Cc1ccc(O[Si](C)(C)C(C)(C)C)c(N)c1)NC(=O)OC(C)(C)C)C(=O)OC(C)(C)C. The van der Waals surface area contributed by atoms with Gasteiger partial charge in [-0.25, -0.2) is 4.79 Å². The van der Waals surface area contributed by atoms with E-state index in [0.717, 1.165) is 5.56 Å². The van der Waals surface area contributed by atoms with Crippen LogP contribution in [0.3, 0.4) is 0 Å². The van der Waals surface area contributed by atoms with Gasteiger partial charge in [0.15, 0.2) is 0 Å². The Bertz CT molecular complexity index is 879. The van der Waals surface area contributed by atoms with Gasteiger partial charge in [-0.1, -0.05) is 33.8 Å². The molecule has 0 heterocycles. The second-order valence-corrected chi connectivity index (χ2v) is 17.7. The molecule has 1 aromatic rings. The number of anilines is 1. The fourth-order valence-corrected chi connectivity index (χ4v) is 4.17. The van der Waals surface area contributed by atoms with E-state index >= 15 is 0 Å². The lowest BCUT2D eigenvalue weighted by Crippen LogP contribution is -2.44. The third kappa shape index (κ3) is 10.9. The summed E-state index contributed by atoms with van der Waals surface area (Å²) in [6.07, 6.45) is 0.359. The number of ether oxygens (including phenoxy) is 2. The van der Waals surface area contributed by atoms with Gasteiger partial charge in [0.05, 0.1) is 11.6 Å². The minimum absolute atomic E-state index is 0.0539. The Morgan fingerprint density at radius 1 is 0.971 bits per heavy atom. The lowest BCUT2D eigenvalue weighted by atomic mass is 9.95. The average Bonchev–Trinajstić information content (AvgIpc) is 2.59. The van der Waals surface area contributed by atoms with Crippen LogP contribution in [0.2, 0.25) is 18.1 Å². The first-order valence-corrected chi connectivity index (χ1v) is 15.3. The number of nitrogens with two attached hydrogens (primary N) is 1. The van der Waals surface area contributed by atoms with Crippen LogP contribution in [0.1, 0.15) is 81.2 Å². The first kappa shape index (κ1) is 30.8. The number of alkyl carbamates (subject to hydrolysis) is 1. The molecule has 0 radical (unpaired) electrons. The molecule has 0 fully saturated rings. The molecule has 1 rings (SSSR count). The molecule has 2 unspecified atom stereocenters. The Hall–Kier alpha value is -2.22. The van der Waals surface area contributed by atoms with E-state index in [1.165, 1.54) is 0 Å². The summed E-state index contributed by atoms with van der Waals surface area (Å²) < 4.78 is 17.4. The van der Waals surface area contributed by atoms with Gasteiger partial charge >= 0.3 is 12.1 Å². The third-order valence-electron chi connectivity index (χ3n) is 5.90. The Morgan fingerprint density at radius 2 is 1.51 bits per heavy atom. The van der Waals surface area contributed by atoms with Crippen LogP contribution in [0.25, 0.3) is 0 Å². The summed E-state index contributed by atoms with van der Waals surface area (Å²) in [5.74, 6) is -0.0297. The van der Waals surface area contributed by atoms with Gasteiger partial charge < -0.3 is 25.0 Å². The van der Waals surface area contributed by atoms with Crippen LogP contribution in [0.5, 0.6) is 5.75 Å². The van der Waals surface area contributed by atoms with Crippen molar-refractivity contribution in [3.05, 3.63) is 23.8 Å². The Labute approximate surface area is 213 Å². The summed E-state index contributed by atoms with van der Waals surface area (Å²) in [6.45, 7) is 23.7. The van der Waals surface area contributed by atoms with Gasteiger partial charge in [0.1, 0.15) is 17.0 Å². The third-order valence-corrected chi connectivity index (χ3v) is 10.2. The van der Waals surface area contributed by atoms with Gasteiger partial charge in [-0.05, 0) is 90.2 Å². The molecule has 2 atom stereocenters. The molecule has 1 aromatic carbocycles. The van der Waals surface area contributed by atoms with Crippen molar-refractivity contribution in [3.63, 3.8) is 0 Å². The molecular weight excluding hydrogens is 460 g/mol. The van der Waals surface area contributed by atoms with Crippen LogP contribution in [-0.4, -0.2) is 37.6 Å². The zero-order valence-electron chi connectivity index (χ0n) is 23.9. The summed E-state index contributed by atoms with van der Waals surface area (Å²) in [6, 6.07) is 5.39. The highest BCUT2D eigenvalue weighted by atomic mass is 28.4. The zero-order chi connectivity index (χ0) is 27.4. The fourth-order valence-electron chi connectivity index (χ4n) is 3.12. The number of nitrogens with one attached hydrogen (secondary N) is 1. The van der Waals surface area contributed by atoms with E-state index in [9.17, 15) is 9.59 Å². The molecule has 0 aliphatic rings. The number of esters is 1. The van der Waals surface area contributed by atoms with Crippen LogP contribution >= 0.6 is 0 Å². The molecule has 35 heavy (non-hydrogen) atoms. The van der Waals surface area contributed by atoms with Crippen LogP contribution < -0.4 is 15.5 Å².